The first kappa shape index (κ1) is 12.6. The maximum absolute atomic E-state index is 13.4. The summed E-state index contributed by atoms with van der Waals surface area (Å²) in [5.74, 6) is -0.0654. The summed E-state index contributed by atoms with van der Waals surface area (Å²) in [5.41, 5.74) is 2.32. The number of carbonyl (C=O) groups excluding carboxylic acids is 1. The van der Waals surface area contributed by atoms with Crippen LogP contribution in [-0.2, 0) is 11.2 Å². The van der Waals surface area contributed by atoms with Gasteiger partial charge in [0.1, 0.15) is 11.6 Å². The molecule has 0 radical (unpaired) electrons. The van der Waals surface area contributed by atoms with Gasteiger partial charge in [-0.3, -0.25) is 0 Å². The number of hydrogen-bond acceptors (Lipinski definition) is 4. The van der Waals surface area contributed by atoms with Gasteiger partial charge in [-0.2, -0.15) is 0 Å². The smallest absolute Gasteiger partial charge is 0.338 e. The van der Waals surface area contributed by atoms with Crippen LogP contribution in [0.2, 0.25) is 0 Å². The van der Waals surface area contributed by atoms with Crippen LogP contribution in [0, 0.1) is 5.82 Å². The SMILES string of the molecule is COC(=O)c1ccnc(N2CCc3ccc(F)cc32)c1. The maximum atomic E-state index is 13.4. The van der Waals surface area contributed by atoms with Gasteiger partial charge >= 0.3 is 5.97 Å². The fourth-order valence-corrected chi connectivity index (χ4v) is 2.40. The van der Waals surface area contributed by atoms with Gasteiger partial charge in [0.2, 0.25) is 0 Å². The summed E-state index contributed by atoms with van der Waals surface area (Å²) in [7, 11) is 1.34. The predicted molar refractivity (Wildman–Crippen MR) is 72.7 cm³/mol. The van der Waals surface area contributed by atoms with Crippen molar-refractivity contribution in [3.8, 4) is 0 Å². The molecule has 0 fully saturated rings. The van der Waals surface area contributed by atoms with E-state index in [2.05, 4.69) is 4.98 Å². The van der Waals surface area contributed by atoms with E-state index < -0.39 is 5.97 Å². The van der Waals surface area contributed by atoms with Crippen LogP contribution in [-0.4, -0.2) is 24.6 Å². The van der Waals surface area contributed by atoms with Crippen molar-refractivity contribution in [3.63, 3.8) is 0 Å². The molecule has 3 rings (SSSR count). The standard InChI is InChI=1S/C15H13FN2O2/c1-20-15(19)11-4-6-17-14(8-11)18-7-5-10-2-3-12(16)9-13(10)18/h2-4,6,8-9H,5,7H2,1H3. The zero-order valence-electron chi connectivity index (χ0n) is 11.0. The maximum Gasteiger partial charge on any atom is 0.338 e. The Bertz CT molecular complexity index is 673. The van der Waals surface area contributed by atoms with E-state index in [1.54, 1.807) is 24.4 Å². The number of ether oxygens (including phenoxy) is 1. The number of esters is 1. The van der Waals surface area contributed by atoms with Crippen molar-refractivity contribution in [1.29, 1.82) is 0 Å². The number of benzene rings is 1. The van der Waals surface area contributed by atoms with Gasteiger partial charge < -0.3 is 9.64 Å². The van der Waals surface area contributed by atoms with Crippen molar-refractivity contribution in [3.05, 3.63) is 53.5 Å². The minimum absolute atomic E-state index is 0.278. The minimum atomic E-state index is -0.410. The van der Waals surface area contributed by atoms with Crippen LogP contribution in [0.25, 0.3) is 0 Å². The minimum Gasteiger partial charge on any atom is -0.465 e. The third-order valence-corrected chi connectivity index (χ3v) is 3.39. The molecule has 1 aliphatic heterocycles. The van der Waals surface area contributed by atoms with E-state index in [0.717, 1.165) is 24.2 Å². The molecule has 1 aliphatic rings. The van der Waals surface area contributed by atoms with Crippen LogP contribution in [0.1, 0.15) is 15.9 Å². The lowest BCUT2D eigenvalue weighted by molar-refractivity contribution is 0.0600. The van der Waals surface area contributed by atoms with Crippen molar-refractivity contribution in [2.75, 3.05) is 18.6 Å². The molecule has 0 saturated carbocycles. The number of anilines is 2. The Morgan fingerprint density at radius 1 is 1.35 bits per heavy atom. The Balaban J connectivity index is 2.00. The summed E-state index contributed by atoms with van der Waals surface area (Å²) in [4.78, 5) is 17.7. The normalized spacial score (nSPS) is 13.2. The first-order valence-electron chi connectivity index (χ1n) is 6.29. The van der Waals surface area contributed by atoms with Crippen LogP contribution in [0.5, 0.6) is 0 Å². The molecule has 0 amide bonds. The number of nitrogens with zero attached hydrogens (tertiary/aromatic N) is 2. The highest BCUT2D eigenvalue weighted by atomic mass is 19.1. The molecule has 1 aromatic carbocycles. The lowest BCUT2D eigenvalue weighted by atomic mass is 10.1. The molecule has 0 atom stereocenters. The molecule has 0 spiro atoms. The van der Waals surface area contributed by atoms with Crippen LogP contribution in [0.4, 0.5) is 15.9 Å². The second kappa shape index (κ2) is 4.92. The van der Waals surface area contributed by atoms with E-state index in [0.29, 0.717) is 11.4 Å². The van der Waals surface area contributed by atoms with E-state index in [4.69, 9.17) is 4.74 Å². The summed E-state index contributed by atoms with van der Waals surface area (Å²) in [6, 6.07) is 7.99. The summed E-state index contributed by atoms with van der Waals surface area (Å²) in [6.07, 6.45) is 2.39. The van der Waals surface area contributed by atoms with Crippen molar-refractivity contribution in [1.82, 2.24) is 4.98 Å². The molecular weight excluding hydrogens is 259 g/mol. The highest BCUT2D eigenvalue weighted by molar-refractivity contribution is 5.90. The number of methoxy groups -OCH3 is 1. The molecule has 2 heterocycles. The van der Waals surface area contributed by atoms with Crippen molar-refractivity contribution in [2.24, 2.45) is 0 Å². The average molecular weight is 272 g/mol. The van der Waals surface area contributed by atoms with Gasteiger partial charge in [-0.15, -0.1) is 0 Å². The molecule has 0 N–H and O–H groups in total. The predicted octanol–water partition coefficient (Wildman–Crippen LogP) is 2.70. The number of carbonyl (C=O) groups is 1. The molecule has 102 valence electrons. The Morgan fingerprint density at radius 2 is 2.20 bits per heavy atom. The lowest BCUT2D eigenvalue weighted by Gasteiger charge is -2.18. The number of halogens is 1. The Labute approximate surface area is 115 Å². The number of rotatable bonds is 2. The molecule has 4 nitrogen and oxygen atoms in total. The Kier molecular flexibility index (Phi) is 3.10. The fraction of sp³-hybridized carbons (Fsp3) is 0.200. The zero-order chi connectivity index (χ0) is 14.1. The summed E-state index contributed by atoms with van der Waals surface area (Å²) in [5, 5.41) is 0. The largest absolute Gasteiger partial charge is 0.465 e. The van der Waals surface area contributed by atoms with Gasteiger partial charge in [0, 0.05) is 18.4 Å². The van der Waals surface area contributed by atoms with Gasteiger partial charge in [-0.25, -0.2) is 14.2 Å². The third kappa shape index (κ3) is 2.11. The highest BCUT2D eigenvalue weighted by Gasteiger charge is 2.22. The van der Waals surface area contributed by atoms with Gasteiger partial charge in [0.25, 0.3) is 0 Å². The molecule has 1 aromatic heterocycles. The zero-order valence-corrected chi connectivity index (χ0v) is 11.0. The number of pyridine rings is 1. The van der Waals surface area contributed by atoms with Crippen LogP contribution in [0.3, 0.4) is 0 Å². The van der Waals surface area contributed by atoms with Crippen molar-refractivity contribution >= 4 is 17.5 Å². The topological polar surface area (TPSA) is 42.4 Å². The molecule has 5 heteroatoms. The highest BCUT2D eigenvalue weighted by Crippen LogP contribution is 2.34. The van der Waals surface area contributed by atoms with Crippen molar-refractivity contribution in [2.45, 2.75) is 6.42 Å². The van der Waals surface area contributed by atoms with Crippen LogP contribution < -0.4 is 4.90 Å². The molecular formula is C15H13FN2O2. The molecule has 0 unspecified atom stereocenters. The number of aromatic nitrogens is 1. The van der Waals surface area contributed by atoms with E-state index in [-0.39, 0.29) is 5.82 Å². The molecule has 20 heavy (non-hydrogen) atoms. The van der Waals surface area contributed by atoms with Crippen LogP contribution in [0.15, 0.2) is 36.5 Å². The lowest BCUT2D eigenvalue weighted by Crippen LogP contribution is -2.15. The van der Waals surface area contributed by atoms with Gasteiger partial charge in [-0.05, 0) is 36.2 Å². The quantitative estimate of drug-likeness (QED) is 0.788. The summed E-state index contributed by atoms with van der Waals surface area (Å²) >= 11 is 0. The fourth-order valence-electron chi connectivity index (χ4n) is 2.40. The second-order valence-electron chi connectivity index (χ2n) is 4.57. The average Bonchev–Trinajstić information content (AvgIpc) is 2.89. The summed E-state index contributed by atoms with van der Waals surface area (Å²) in [6.45, 7) is 0.719. The molecule has 0 bridgehead atoms. The van der Waals surface area contributed by atoms with E-state index in [1.807, 2.05) is 4.90 Å². The number of fused-ring (bicyclic) bond motifs is 1. The molecule has 2 aromatic rings. The first-order valence-corrected chi connectivity index (χ1v) is 6.29. The van der Waals surface area contributed by atoms with Gasteiger partial charge in [-0.1, -0.05) is 6.07 Å². The molecule has 0 aliphatic carbocycles. The number of hydrogen-bond donors (Lipinski definition) is 0. The Hall–Kier alpha value is -2.43. The van der Waals surface area contributed by atoms with E-state index >= 15 is 0 Å². The first-order chi connectivity index (χ1) is 9.69. The molecule has 0 saturated heterocycles. The second-order valence-corrected chi connectivity index (χ2v) is 4.57. The van der Waals surface area contributed by atoms with Crippen LogP contribution >= 0.6 is 0 Å². The van der Waals surface area contributed by atoms with Gasteiger partial charge in [0.15, 0.2) is 0 Å². The summed E-state index contributed by atoms with van der Waals surface area (Å²) < 4.78 is 18.1. The van der Waals surface area contributed by atoms with Gasteiger partial charge in [0.05, 0.1) is 12.7 Å². The third-order valence-electron chi connectivity index (χ3n) is 3.39. The van der Waals surface area contributed by atoms with E-state index in [9.17, 15) is 9.18 Å². The Morgan fingerprint density at radius 3 is 3.00 bits per heavy atom. The van der Waals surface area contributed by atoms with Crippen molar-refractivity contribution < 1.29 is 13.9 Å². The monoisotopic (exact) mass is 272 g/mol. The van der Waals surface area contributed by atoms with E-state index in [1.165, 1.54) is 19.2 Å².